The van der Waals surface area contributed by atoms with E-state index in [4.69, 9.17) is 49.5 Å². The molecule has 2 fully saturated rings. The van der Waals surface area contributed by atoms with Crippen LogP contribution in [0.1, 0.15) is 130 Å². The molecule has 0 aliphatic carbocycles. The molecule has 0 spiro atoms. The number of aliphatic hydroxyl groups is 1. The highest BCUT2D eigenvalue weighted by Gasteiger charge is 2.46. The molecule has 2 saturated heterocycles. The van der Waals surface area contributed by atoms with Crippen molar-refractivity contribution in [2.45, 2.75) is 197 Å². The van der Waals surface area contributed by atoms with Gasteiger partial charge in [0.2, 0.25) is 0 Å². The number of hydrogen-bond acceptors (Lipinski definition) is 14. The summed E-state index contributed by atoms with van der Waals surface area (Å²) in [7, 11) is -1.08. The van der Waals surface area contributed by atoms with E-state index in [1.165, 1.54) is 0 Å². The van der Waals surface area contributed by atoms with Crippen molar-refractivity contribution in [2.75, 3.05) is 39.6 Å². The molecule has 2 aliphatic heterocycles. The van der Waals surface area contributed by atoms with E-state index in [0.717, 1.165) is 39.9 Å². The molecule has 6 atom stereocenters. The Labute approximate surface area is 463 Å². The number of carbonyl (C=O) groups excluding carboxylic acids is 4. The lowest BCUT2D eigenvalue weighted by atomic mass is 9.95. The lowest BCUT2D eigenvalue weighted by Crippen LogP contribution is -2.38. The smallest absolute Gasteiger partial charge is 0.338 e. The molecule has 2 aliphatic rings. The van der Waals surface area contributed by atoms with E-state index >= 15 is 0 Å². The second-order valence-corrected chi connectivity index (χ2v) is 36.9. The molecule has 2 aromatic rings. The quantitative estimate of drug-likeness (QED) is 0.0609. The minimum absolute atomic E-state index is 0.0344. The highest BCUT2D eigenvalue weighted by molar-refractivity contribution is 6.76. The topological polar surface area (TPSA) is 172 Å². The van der Waals surface area contributed by atoms with Gasteiger partial charge in [0.25, 0.3) is 0 Å². The Morgan fingerprint density at radius 1 is 0.632 bits per heavy atom. The maximum Gasteiger partial charge on any atom is 0.338 e. The maximum absolute atomic E-state index is 13.0. The predicted molar refractivity (Wildman–Crippen MR) is 308 cm³/mol. The first kappa shape index (κ1) is 68.4. The van der Waals surface area contributed by atoms with Crippen LogP contribution in [-0.2, 0) is 52.2 Å². The third-order valence-corrected chi connectivity index (χ3v) is 15.7. The standard InChI is InChI=1S/C29H46O6Si.C28H44O7Si.C2H5ClO/c1-19-16-21(3)24(26(30)32-14-15-36(9,10)11)22(17-19)13-12-20(2)25-23(34-29(7,8)35-25)18-33-27(31)28(4,5)6;1-18-15-19(2)23(25(30)32-13-14-36(8,9)10)20(16-18)11-12-21(29)24-22(34-28(6,7)35-24)17-33-26(31)27(3,4)5;1-4-2-3/h12-13,16-17,20,23,25H,14-15,18H2,1-11H3;11-12,15-16,21-22,24,29H,13-14,17H2,1-10H3;2H2,1H3/b13-12+;12-11+;. The second kappa shape index (κ2) is 29.0. The van der Waals surface area contributed by atoms with E-state index in [0.29, 0.717) is 36.0 Å². The van der Waals surface area contributed by atoms with Crippen molar-refractivity contribution in [3.8, 4) is 0 Å². The number of benzene rings is 2. The molecule has 6 unspecified atom stereocenters. The first-order valence-corrected chi connectivity index (χ1v) is 34.4. The number of ether oxygens (including phenoxy) is 9. The molecule has 2 aromatic carbocycles. The molecule has 1 N–H and O–H groups in total. The zero-order valence-corrected chi connectivity index (χ0v) is 52.9. The van der Waals surface area contributed by atoms with Gasteiger partial charge in [-0.3, -0.25) is 9.59 Å². The van der Waals surface area contributed by atoms with Gasteiger partial charge in [-0.25, -0.2) is 9.59 Å². The molecule has 0 radical (unpaired) electrons. The first-order chi connectivity index (χ1) is 34.7. The van der Waals surface area contributed by atoms with Crippen LogP contribution in [0.5, 0.6) is 0 Å². The van der Waals surface area contributed by atoms with Gasteiger partial charge in [-0.15, -0.1) is 0 Å². The molecular weight excluding hydrogens is 1020 g/mol. The summed E-state index contributed by atoms with van der Waals surface area (Å²) in [6.45, 7) is 42.3. The summed E-state index contributed by atoms with van der Waals surface area (Å²) in [5.74, 6) is -3.06. The van der Waals surface area contributed by atoms with Crippen LogP contribution in [0.2, 0.25) is 51.4 Å². The van der Waals surface area contributed by atoms with E-state index in [-0.39, 0.29) is 49.1 Å². The van der Waals surface area contributed by atoms with E-state index in [2.05, 4.69) is 44.0 Å². The minimum atomic E-state index is -1.33. The van der Waals surface area contributed by atoms with Gasteiger partial charge in [0.05, 0.1) is 41.3 Å². The van der Waals surface area contributed by atoms with Crippen LogP contribution >= 0.6 is 11.6 Å². The summed E-state index contributed by atoms with van der Waals surface area (Å²) in [6.07, 6.45) is 4.15. The van der Waals surface area contributed by atoms with Crippen LogP contribution in [-0.4, -0.2) is 127 Å². The van der Waals surface area contributed by atoms with Crippen molar-refractivity contribution >= 4 is 63.8 Å². The first-order valence-electron chi connectivity index (χ1n) is 26.4. The molecule has 0 bridgehead atoms. The summed E-state index contributed by atoms with van der Waals surface area (Å²) in [5.41, 5.74) is 5.12. The summed E-state index contributed by atoms with van der Waals surface area (Å²) in [5, 5.41) is 11.0. The molecule has 4 rings (SSSR count). The van der Waals surface area contributed by atoms with Gasteiger partial charge < -0.3 is 47.7 Å². The molecule has 430 valence electrons. The predicted octanol–water partition coefficient (Wildman–Crippen LogP) is 12.7. The van der Waals surface area contributed by atoms with E-state index in [9.17, 15) is 24.3 Å². The summed E-state index contributed by atoms with van der Waals surface area (Å²) in [6, 6.07) is 9.96. The Balaban J connectivity index is 0.000000486. The molecule has 0 aromatic heterocycles. The van der Waals surface area contributed by atoms with Gasteiger partial charge in [-0.2, -0.15) is 0 Å². The highest BCUT2D eigenvalue weighted by atomic mass is 35.5. The minimum Gasteiger partial charge on any atom is -0.462 e. The monoisotopic (exact) mass is 1120 g/mol. The van der Waals surface area contributed by atoms with Crippen molar-refractivity contribution < 1.29 is 66.9 Å². The molecule has 17 heteroatoms. The number of esters is 4. The van der Waals surface area contributed by atoms with E-state index in [1.807, 2.05) is 106 Å². The largest absolute Gasteiger partial charge is 0.462 e. The van der Waals surface area contributed by atoms with Gasteiger partial charge >= 0.3 is 23.9 Å². The van der Waals surface area contributed by atoms with Gasteiger partial charge in [-0.1, -0.05) is 118 Å². The average Bonchev–Trinajstić information content (AvgIpc) is 3.76. The van der Waals surface area contributed by atoms with Crippen LogP contribution in [0.25, 0.3) is 12.2 Å². The number of alkyl halides is 1. The second-order valence-electron chi connectivity index (χ2n) is 25.4. The number of halogens is 1. The number of rotatable bonds is 19. The number of aliphatic hydroxyl groups excluding tert-OH is 1. The number of hydrogen-bond donors (Lipinski definition) is 1. The molecule has 14 nitrogen and oxygen atoms in total. The Kier molecular flexibility index (Phi) is 26.1. The Hall–Kier alpha value is -3.72. The summed E-state index contributed by atoms with van der Waals surface area (Å²) in [4.78, 5) is 50.5. The summed E-state index contributed by atoms with van der Waals surface area (Å²) < 4.78 is 50.7. The fraction of sp³-hybridized carbons (Fsp3) is 0.661. The number of aryl methyl sites for hydroxylation is 4. The van der Waals surface area contributed by atoms with Crippen LogP contribution in [0.4, 0.5) is 0 Å². The normalized spacial score (nSPS) is 20.3. The lowest BCUT2D eigenvalue weighted by molar-refractivity contribution is -0.166. The van der Waals surface area contributed by atoms with Crippen LogP contribution in [0, 0.1) is 44.4 Å². The van der Waals surface area contributed by atoms with Crippen molar-refractivity contribution in [1.29, 1.82) is 0 Å². The van der Waals surface area contributed by atoms with Crippen molar-refractivity contribution in [1.82, 2.24) is 0 Å². The van der Waals surface area contributed by atoms with Crippen molar-refractivity contribution in [2.24, 2.45) is 16.7 Å². The van der Waals surface area contributed by atoms with Gasteiger partial charge in [0.1, 0.15) is 43.7 Å². The molecule has 0 amide bonds. The van der Waals surface area contributed by atoms with Crippen LogP contribution in [0.15, 0.2) is 36.4 Å². The van der Waals surface area contributed by atoms with Gasteiger partial charge in [-0.05, 0) is 131 Å². The van der Waals surface area contributed by atoms with Gasteiger partial charge in [0, 0.05) is 29.2 Å². The third-order valence-electron chi connectivity index (χ3n) is 12.0. The third kappa shape index (κ3) is 23.7. The molecule has 2 heterocycles. The van der Waals surface area contributed by atoms with E-state index < -0.39 is 63.0 Å². The SMILES string of the molecule is COCCl.Cc1cc(C)c(C(=O)OCC[Si](C)(C)C)c(/C=C/C(C)C2OC(C)(C)OC2COC(=O)C(C)(C)C)c1.Cc1cc(C)c(C(=O)OCC[Si](C)(C)C)c(/C=C/C(O)C2OC(C)(C)OC2COC(=O)C(C)(C)C)c1. The Morgan fingerprint density at radius 3 is 1.34 bits per heavy atom. The van der Waals surface area contributed by atoms with Crippen LogP contribution < -0.4 is 0 Å². The Bertz CT molecular complexity index is 2140. The molecule has 76 heavy (non-hydrogen) atoms. The average molecular weight is 1120 g/mol. The number of carbonyl (C=O) groups is 4. The van der Waals surface area contributed by atoms with Crippen molar-refractivity contribution in [3.63, 3.8) is 0 Å². The van der Waals surface area contributed by atoms with E-state index in [1.54, 1.807) is 53.9 Å². The number of methoxy groups -OCH3 is 1. The zero-order chi connectivity index (χ0) is 58.4. The summed E-state index contributed by atoms with van der Waals surface area (Å²) >= 11 is 4.96. The van der Waals surface area contributed by atoms with Crippen LogP contribution in [0.3, 0.4) is 0 Å². The maximum atomic E-state index is 13.0. The molecule has 0 saturated carbocycles. The van der Waals surface area contributed by atoms with Gasteiger partial charge in [0.15, 0.2) is 11.6 Å². The Morgan fingerprint density at radius 2 is 0.987 bits per heavy atom. The molecular formula is C59H95ClO14Si2. The fourth-order valence-corrected chi connectivity index (χ4v) is 9.44. The fourth-order valence-electron chi connectivity index (χ4n) is 8.01. The zero-order valence-electron chi connectivity index (χ0n) is 50.2. The highest BCUT2D eigenvalue weighted by Crippen LogP contribution is 2.35. The lowest BCUT2D eigenvalue weighted by Gasteiger charge is -2.23. The van der Waals surface area contributed by atoms with Crippen molar-refractivity contribution in [3.05, 3.63) is 80.9 Å².